The Labute approximate surface area is 149 Å². The van der Waals surface area contributed by atoms with Crippen LogP contribution in [0.1, 0.15) is 35.2 Å². The van der Waals surface area contributed by atoms with Gasteiger partial charge in [-0.3, -0.25) is 9.59 Å². The van der Waals surface area contributed by atoms with Crippen LogP contribution in [0.4, 0.5) is 0 Å². The quantitative estimate of drug-likeness (QED) is 0.586. The van der Waals surface area contributed by atoms with Gasteiger partial charge in [-0.2, -0.15) is 0 Å². The van der Waals surface area contributed by atoms with Crippen molar-refractivity contribution in [1.29, 1.82) is 0 Å². The zero-order chi connectivity index (χ0) is 18.5. The topological polar surface area (TPSA) is 139 Å². The average molecular weight is 359 g/mol. The summed E-state index contributed by atoms with van der Waals surface area (Å²) in [5.74, 6) is -1.89. The molecular weight excluding hydrogens is 341 g/mol. The van der Waals surface area contributed by atoms with Crippen molar-refractivity contribution in [3.8, 4) is 0 Å². The number of nitrogens with one attached hydrogen (secondary N) is 1. The molecule has 2 heterocycles. The average Bonchev–Trinajstić information content (AvgIpc) is 3.10. The molecule has 1 aromatic heterocycles. The van der Waals surface area contributed by atoms with E-state index in [2.05, 4.69) is 20.8 Å². The number of hydrogen-bond donors (Lipinski definition) is 3. The number of tetrazole rings is 1. The lowest BCUT2D eigenvalue weighted by Crippen LogP contribution is -2.52. The molecule has 136 valence electrons. The van der Waals surface area contributed by atoms with Crippen LogP contribution in [0.25, 0.3) is 0 Å². The lowest BCUT2D eigenvalue weighted by Gasteiger charge is -2.30. The van der Waals surface area contributed by atoms with Crippen LogP contribution < -0.4 is 5.32 Å². The summed E-state index contributed by atoms with van der Waals surface area (Å²) in [6, 6.07) is 6.96. The number of carbonyl (C=O) groups is 2. The molecule has 1 aromatic carbocycles. The third-order valence-corrected chi connectivity index (χ3v) is 4.15. The van der Waals surface area contributed by atoms with Gasteiger partial charge in [0.15, 0.2) is 0 Å². The Morgan fingerprint density at radius 3 is 2.69 bits per heavy atom. The molecule has 0 spiro atoms. The molecule has 1 aliphatic rings. The lowest BCUT2D eigenvalue weighted by molar-refractivity contribution is -0.139. The van der Waals surface area contributed by atoms with Crippen LogP contribution in [0, 0.1) is 0 Å². The summed E-state index contributed by atoms with van der Waals surface area (Å²) < 4.78 is 6.83. The Morgan fingerprint density at radius 2 is 2.08 bits per heavy atom. The maximum absolute atomic E-state index is 12.3. The van der Waals surface area contributed by atoms with Gasteiger partial charge in [-0.05, 0) is 41.0 Å². The van der Waals surface area contributed by atoms with Gasteiger partial charge < -0.3 is 20.1 Å². The summed E-state index contributed by atoms with van der Waals surface area (Å²) in [6.07, 6.45) is 1.70. The number of rotatable bonds is 6. The fraction of sp³-hybridized carbons (Fsp3) is 0.400. The Hall–Kier alpha value is -2.79. The summed E-state index contributed by atoms with van der Waals surface area (Å²) in [7, 11) is -1.23. The SMILES string of the molecule is O=C(O)C[C@@H]1CCC(NC(=O)c2ccc(Cn3cnnn3)cc2)B(O)O1. The van der Waals surface area contributed by atoms with Crippen LogP contribution in [-0.2, 0) is 16.0 Å². The van der Waals surface area contributed by atoms with E-state index in [1.54, 1.807) is 28.9 Å². The van der Waals surface area contributed by atoms with Gasteiger partial charge in [0.05, 0.1) is 25.0 Å². The molecule has 1 unspecified atom stereocenters. The molecule has 0 saturated carbocycles. The van der Waals surface area contributed by atoms with Gasteiger partial charge >= 0.3 is 13.1 Å². The highest BCUT2D eigenvalue weighted by molar-refractivity contribution is 6.45. The fourth-order valence-corrected chi connectivity index (χ4v) is 2.81. The van der Waals surface area contributed by atoms with Gasteiger partial charge in [-0.15, -0.1) is 5.10 Å². The minimum Gasteiger partial charge on any atom is -0.481 e. The first kappa shape index (κ1) is 18.0. The van der Waals surface area contributed by atoms with Crippen LogP contribution in [0.5, 0.6) is 0 Å². The first-order chi connectivity index (χ1) is 12.5. The van der Waals surface area contributed by atoms with Crippen LogP contribution in [-0.4, -0.2) is 61.4 Å². The number of nitrogens with zero attached hydrogens (tertiary/aromatic N) is 4. The van der Waals surface area contributed by atoms with Crippen molar-refractivity contribution in [2.24, 2.45) is 0 Å². The molecule has 3 N–H and O–H groups in total. The van der Waals surface area contributed by atoms with Gasteiger partial charge in [0.1, 0.15) is 6.33 Å². The van der Waals surface area contributed by atoms with E-state index in [1.807, 2.05) is 0 Å². The molecule has 10 nitrogen and oxygen atoms in total. The van der Waals surface area contributed by atoms with Crippen molar-refractivity contribution in [2.45, 2.75) is 37.9 Å². The van der Waals surface area contributed by atoms with Gasteiger partial charge in [0.2, 0.25) is 0 Å². The van der Waals surface area contributed by atoms with Crippen molar-refractivity contribution in [3.63, 3.8) is 0 Å². The smallest absolute Gasteiger partial charge is 0.478 e. The molecule has 2 atom stereocenters. The summed E-state index contributed by atoms with van der Waals surface area (Å²) in [5, 5.41) is 32.4. The molecule has 1 aliphatic heterocycles. The summed E-state index contributed by atoms with van der Waals surface area (Å²) in [6.45, 7) is 0.495. The Bertz CT molecular complexity index is 754. The molecule has 1 saturated heterocycles. The van der Waals surface area contributed by atoms with Crippen LogP contribution >= 0.6 is 0 Å². The van der Waals surface area contributed by atoms with Crippen molar-refractivity contribution >= 4 is 19.0 Å². The predicted octanol–water partition coefficient (Wildman–Crippen LogP) is -0.507. The summed E-state index contributed by atoms with van der Waals surface area (Å²) in [4.78, 5) is 23.0. The molecule has 11 heteroatoms. The maximum Gasteiger partial charge on any atom is 0.478 e. The van der Waals surface area contributed by atoms with Crippen LogP contribution in [0.2, 0.25) is 0 Å². The number of carboxylic acids is 1. The third kappa shape index (κ3) is 4.64. The van der Waals surface area contributed by atoms with Crippen LogP contribution in [0.3, 0.4) is 0 Å². The largest absolute Gasteiger partial charge is 0.481 e. The predicted molar refractivity (Wildman–Crippen MR) is 88.9 cm³/mol. The Balaban J connectivity index is 1.54. The molecule has 26 heavy (non-hydrogen) atoms. The minimum atomic E-state index is -1.23. The zero-order valence-electron chi connectivity index (χ0n) is 13.9. The highest BCUT2D eigenvalue weighted by Crippen LogP contribution is 2.19. The molecule has 1 fully saturated rings. The molecular formula is C15H18BN5O5. The zero-order valence-corrected chi connectivity index (χ0v) is 13.9. The first-order valence-electron chi connectivity index (χ1n) is 8.17. The molecule has 3 rings (SSSR count). The molecule has 0 bridgehead atoms. The molecule has 0 radical (unpaired) electrons. The van der Waals surface area contributed by atoms with Crippen molar-refractivity contribution in [3.05, 3.63) is 41.7 Å². The number of carboxylic acid groups (broad SMARTS) is 1. The minimum absolute atomic E-state index is 0.166. The number of aromatic nitrogens is 4. The Kier molecular flexibility index (Phi) is 5.59. The second kappa shape index (κ2) is 8.06. The monoisotopic (exact) mass is 359 g/mol. The molecule has 0 aliphatic carbocycles. The summed E-state index contributed by atoms with van der Waals surface area (Å²) in [5.41, 5.74) is 1.39. The number of benzene rings is 1. The second-order valence-electron chi connectivity index (χ2n) is 6.11. The summed E-state index contributed by atoms with van der Waals surface area (Å²) >= 11 is 0. The van der Waals surface area contributed by atoms with E-state index in [4.69, 9.17) is 9.76 Å². The van der Waals surface area contributed by atoms with E-state index in [0.717, 1.165) is 5.56 Å². The molecule has 2 aromatic rings. The van der Waals surface area contributed by atoms with E-state index in [0.29, 0.717) is 24.9 Å². The maximum atomic E-state index is 12.3. The van der Waals surface area contributed by atoms with Gasteiger partial charge in [-0.25, -0.2) is 4.68 Å². The third-order valence-electron chi connectivity index (χ3n) is 4.15. The Morgan fingerprint density at radius 1 is 1.31 bits per heavy atom. The van der Waals surface area contributed by atoms with E-state index in [9.17, 15) is 14.6 Å². The van der Waals surface area contributed by atoms with Crippen molar-refractivity contribution < 1.29 is 24.4 Å². The van der Waals surface area contributed by atoms with Crippen molar-refractivity contribution in [1.82, 2.24) is 25.5 Å². The standard InChI is InChI=1S/C15H18BN5O5/c22-14(23)7-12-5-6-13(16(25)26-12)18-15(24)11-3-1-10(2-4-11)8-21-9-17-19-20-21/h1-4,9,12-13,25H,5-8H2,(H,18,24)(H,22,23)/t12-,13?/m0/s1. The lowest BCUT2D eigenvalue weighted by atomic mass is 9.72. The number of aliphatic carboxylic acids is 1. The van der Waals surface area contributed by atoms with Gasteiger partial charge in [0, 0.05) is 5.56 Å². The number of amides is 1. The van der Waals surface area contributed by atoms with E-state index in [-0.39, 0.29) is 12.3 Å². The first-order valence-corrected chi connectivity index (χ1v) is 8.17. The van der Waals surface area contributed by atoms with Crippen LogP contribution in [0.15, 0.2) is 30.6 Å². The highest BCUT2D eigenvalue weighted by Gasteiger charge is 2.36. The normalized spacial score (nSPS) is 20.0. The van der Waals surface area contributed by atoms with E-state index >= 15 is 0 Å². The second-order valence-corrected chi connectivity index (χ2v) is 6.11. The van der Waals surface area contributed by atoms with Gasteiger partial charge in [-0.1, -0.05) is 12.1 Å². The highest BCUT2D eigenvalue weighted by atomic mass is 16.5. The van der Waals surface area contributed by atoms with Gasteiger partial charge in [0.25, 0.3) is 5.91 Å². The number of carbonyl (C=O) groups excluding carboxylic acids is 1. The van der Waals surface area contributed by atoms with E-state index in [1.165, 1.54) is 6.33 Å². The fourth-order valence-electron chi connectivity index (χ4n) is 2.81. The number of hydrogen-bond acceptors (Lipinski definition) is 7. The van der Waals surface area contributed by atoms with E-state index < -0.39 is 25.1 Å². The van der Waals surface area contributed by atoms with Crippen molar-refractivity contribution in [2.75, 3.05) is 0 Å². The molecule has 1 amide bonds.